The van der Waals surface area contributed by atoms with Gasteiger partial charge in [-0.1, -0.05) is 6.08 Å². The molecule has 8 nitrogen and oxygen atoms in total. The molecule has 3 aliphatic rings. The van der Waals surface area contributed by atoms with Crippen LogP contribution in [0.2, 0.25) is 0 Å². The zero-order chi connectivity index (χ0) is 21.7. The van der Waals surface area contributed by atoms with Crippen LogP contribution in [0.4, 0.5) is 0 Å². The van der Waals surface area contributed by atoms with Crippen molar-refractivity contribution in [1.29, 1.82) is 0 Å². The van der Waals surface area contributed by atoms with E-state index in [2.05, 4.69) is 9.98 Å². The van der Waals surface area contributed by atoms with E-state index in [0.717, 1.165) is 5.57 Å². The topological polar surface area (TPSA) is 111 Å². The molecule has 1 aliphatic carbocycles. The largest absolute Gasteiger partial charge is 0.461 e. The Balaban J connectivity index is 1.35. The number of nitrogens with zero attached hydrogens (tertiary/aromatic N) is 2. The molecule has 3 rings (SSSR count). The van der Waals surface area contributed by atoms with E-state index in [4.69, 9.17) is 9.47 Å². The van der Waals surface area contributed by atoms with Gasteiger partial charge >= 0.3 is 11.9 Å². The summed E-state index contributed by atoms with van der Waals surface area (Å²) in [6.45, 7) is 3.13. The summed E-state index contributed by atoms with van der Waals surface area (Å²) in [5.41, 5.74) is 2.38. The van der Waals surface area contributed by atoms with Gasteiger partial charge in [0.1, 0.15) is 13.2 Å². The zero-order valence-corrected chi connectivity index (χ0v) is 17.3. The number of esters is 2. The Morgan fingerprint density at radius 2 is 1.47 bits per heavy atom. The quantitative estimate of drug-likeness (QED) is 0.564. The third-order valence-corrected chi connectivity index (χ3v) is 5.58. The Morgan fingerprint density at radius 1 is 0.900 bits per heavy atom. The zero-order valence-electron chi connectivity index (χ0n) is 17.3. The van der Waals surface area contributed by atoms with Gasteiger partial charge in [-0.25, -0.2) is 0 Å². The fourth-order valence-electron chi connectivity index (χ4n) is 3.68. The molecule has 0 saturated heterocycles. The Morgan fingerprint density at radius 3 is 1.97 bits per heavy atom. The Kier molecular flexibility index (Phi) is 7.07. The van der Waals surface area contributed by atoms with E-state index in [-0.39, 0.29) is 48.6 Å². The molecule has 160 valence electrons. The standard InChI is InChI=1S/C22H26N2O6/c1-13(25)19-8-7-18(24-19)12-30-22(28)17-5-3-16(4-6-17)21(27)29-11-15-9-20(14(2)26)23-10-15/h7,10,16-17H,3-6,8-9,11-12H2,1-2H3. The SMILES string of the molecule is CC(=O)C1=NC=C(COC(=O)C2CCC(C(=O)OCC3=CCC(C(C)=O)=N3)CC2)C1. The van der Waals surface area contributed by atoms with Crippen molar-refractivity contribution in [1.82, 2.24) is 0 Å². The van der Waals surface area contributed by atoms with Crippen LogP contribution in [-0.2, 0) is 28.7 Å². The molecule has 1 fully saturated rings. The van der Waals surface area contributed by atoms with Crippen molar-refractivity contribution in [2.45, 2.75) is 52.4 Å². The maximum Gasteiger partial charge on any atom is 0.309 e. The molecule has 0 N–H and O–H groups in total. The van der Waals surface area contributed by atoms with Gasteiger partial charge in [-0.2, -0.15) is 0 Å². The Labute approximate surface area is 175 Å². The lowest BCUT2D eigenvalue weighted by molar-refractivity contribution is -0.154. The Hall–Kier alpha value is -2.90. The first-order valence-electron chi connectivity index (χ1n) is 10.2. The number of carbonyl (C=O) groups excluding carboxylic acids is 4. The molecular weight excluding hydrogens is 388 g/mol. The van der Waals surface area contributed by atoms with E-state index in [1.165, 1.54) is 13.8 Å². The summed E-state index contributed by atoms with van der Waals surface area (Å²) in [5, 5.41) is 0. The minimum absolute atomic E-state index is 0.0665. The summed E-state index contributed by atoms with van der Waals surface area (Å²) < 4.78 is 10.7. The van der Waals surface area contributed by atoms with Crippen molar-refractivity contribution in [3.05, 3.63) is 23.5 Å². The third-order valence-electron chi connectivity index (χ3n) is 5.58. The molecule has 2 aliphatic heterocycles. The summed E-state index contributed by atoms with van der Waals surface area (Å²) in [6, 6.07) is 0. The van der Waals surface area contributed by atoms with Gasteiger partial charge in [0, 0.05) is 32.9 Å². The molecule has 0 aromatic rings. The molecule has 0 amide bonds. The molecule has 0 atom stereocenters. The van der Waals surface area contributed by atoms with Gasteiger partial charge in [-0.15, -0.1) is 0 Å². The first-order chi connectivity index (χ1) is 14.3. The molecule has 0 aromatic heterocycles. The Bertz CT molecular complexity index is 872. The molecule has 30 heavy (non-hydrogen) atoms. The maximum absolute atomic E-state index is 12.3. The first-order valence-corrected chi connectivity index (χ1v) is 10.2. The normalized spacial score (nSPS) is 23.1. The van der Waals surface area contributed by atoms with E-state index >= 15 is 0 Å². The molecule has 1 saturated carbocycles. The molecule has 0 radical (unpaired) electrons. The smallest absolute Gasteiger partial charge is 0.309 e. The van der Waals surface area contributed by atoms with E-state index in [1.54, 1.807) is 12.3 Å². The fourth-order valence-corrected chi connectivity index (χ4v) is 3.68. The van der Waals surface area contributed by atoms with Gasteiger partial charge in [-0.05, 0) is 31.3 Å². The van der Waals surface area contributed by atoms with Gasteiger partial charge in [0.25, 0.3) is 0 Å². The third kappa shape index (κ3) is 5.58. The number of allylic oxidation sites excluding steroid dienone is 1. The van der Waals surface area contributed by atoms with Crippen molar-refractivity contribution in [2.24, 2.45) is 21.8 Å². The van der Waals surface area contributed by atoms with E-state index in [1.807, 2.05) is 0 Å². The summed E-state index contributed by atoms with van der Waals surface area (Å²) in [7, 11) is 0. The number of Topliss-reactive ketones (excluding diaryl/α,β-unsaturated/α-hetero) is 2. The summed E-state index contributed by atoms with van der Waals surface area (Å²) in [6.07, 6.45) is 6.56. The second-order valence-corrected chi connectivity index (χ2v) is 7.87. The van der Waals surface area contributed by atoms with E-state index < -0.39 is 0 Å². The van der Waals surface area contributed by atoms with E-state index in [9.17, 15) is 19.2 Å². The molecule has 2 heterocycles. The van der Waals surface area contributed by atoms with Crippen LogP contribution in [0.25, 0.3) is 0 Å². The molecule has 8 heteroatoms. The van der Waals surface area contributed by atoms with Crippen LogP contribution in [0.15, 0.2) is 33.5 Å². The molecule has 0 bridgehead atoms. The van der Waals surface area contributed by atoms with Crippen LogP contribution in [-0.4, -0.2) is 48.1 Å². The van der Waals surface area contributed by atoms with Gasteiger partial charge in [-0.3, -0.25) is 29.2 Å². The summed E-state index contributed by atoms with van der Waals surface area (Å²) >= 11 is 0. The monoisotopic (exact) mass is 414 g/mol. The van der Waals surface area contributed by atoms with Crippen molar-refractivity contribution < 1.29 is 28.7 Å². The minimum atomic E-state index is -0.292. The lowest BCUT2D eigenvalue weighted by Crippen LogP contribution is -2.28. The highest BCUT2D eigenvalue weighted by Crippen LogP contribution is 2.31. The number of rotatable bonds is 8. The highest BCUT2D eigenvalue weighted by Gasteiger charge is 2.32. The van der Waals surface area contributed by atoms with Crippen molar-refractivity contribution >= 4 is 34.9 Å². The van der Waals surface area contributed by atoms with Crippen LogP contribution in [0.3, 0.4) is 0 Å². The van der Waals surface area contributed by atoms with Crippen LogP contribution in [0.5, 0.6) is 0 Å². The number of ether oxygens (including phenoxy) is 2. The average Bonchev–Trinajstić information content (AvgIpc) is 3.40. The molecule has 0 unspecified atom stereocenters. The molecule has 0 aromatic carbocycles. The van der Waals surface area contributed by atoms with Crippen molar-refractivity contribution in [2.75, 3.05) is 13.2 Å². The summed E-state index contributed by atoms with van der Waals surface area (Å²) in [4.78, 5) is 55.4. The second-order valence-electron chi connectivity index (χ2n) is 7.87. The number of hydrogen-bond donors (Lipinski definition) is 0. The van der Waals surface area contributed by atoms with Crippen molar-refractivity contribution in [3.63, 3.8) is 0 Å². The fraction of sp³-hybridized carbons (Fsp3) is 0.545. The van der Waals surface area contributed by atoms with Gasteiger partial charge in [0.15, 0.2) is 11.6 Å². The maximum atomic E-state index is 12.3. The van der Waals surface area contributed by atoms with Gasteiger partial charge in [0.05, 0.1) is 29.0 Å². The van der Waals surface area contributed by atoms with Crippen LogP contribution in [0.1, 0.15) is 52.4 Å². The van der Waals surface area contributed by atoms with Gasteiger partial charge in [0.2, 0.25) is 0 Å². The summed E-state index contributed by atoms with van der Waals surface area (Å²) in [5.74, 6) is -1.19. The second kappa shape index (κ2) is 9.73. The highest BCUT2D eigenvalue weighted by atomic mass is 16.5. The van der Waals surface area contributed by atoms with E-state index in [0.29, 0.717) is 55.6 Å². The lowest BCUT2D eigenvalue weighted by Gasteiger charge is -2.26. The number of hydrogen-bond acceptors (Lipinski definition) is 8. The van der Waals surface area contributed by atoms with Gasteiger partial charge < -0.3 is 9.47 Å². The van der Waals surface area contributed by atoms with Crippen molar-refractivity contribution in [3.8, 4) is 0 Å². The van der Waals surface area contributed by atoms with Crippen LogP contribution < -0.4 is 0 Å². The predicted molar refractivity (Wildman–Crippen MR) is 109 cm³/mol. The average molecular weight is 414 g/mol. The number of aliphatic imine (C=N–C) groups is 2. The molecular formula is C22H26N2O6. The minimum Gasteiger partial charge on any atom is -0.461 e. The molecule has 0 spiro atoms. The highest BCUT2D eigenvalue weighted by molar-refractivity contribution is 6.40. The number of carbonyl (C=O) groups is 4. The number of ketones is 2. The lowest BCUT2D eigenvalue weighted by atomic mass is 9.82. The van der Waals surface area contributed by atoms with Crippen LogP contribution in [0, 0.1) is 11.8 Å². The predicted octanol–water partition coefficient (Wildman–Crippen LogP) is 2.51. The first kappa shape index (κ1) is 21.8. The van der Waals surface area contributed by atoms with Crippen LogP contribution >= 0.6 is 0 Å².